The van der Waals surface area contributed by atoms with Crippen molar-refractivity contribution in [1.82, 2.24) is 24.8 Å². The fourth-order valence-corrected chi connectivity index (χ4v) is 3.74. The van der Waals surface area contributed by atoms with Crippen LogP contribution in [0, 0.1) is 20.8 Å². The van der Waals surface area contributed by atoms with Crippen molar-refractivity contribution in [2.45, 2.75) is 40.7 Å². The molecule has 0 amide bonds. The van der Waals surface area contributed by atoms with Crippen LogP contribution in [-0.4, -0.2) is 58.1 Å². The van der Waals surface area contributed by atoms with E-state index in [9.17, 15) is 0 Å². The average molecular weight is 448 g/mol. The predicted molar refractivity (Wildman–Crippen MR) is 131 cm³/mol. The monoisotopic (exact) mass is 447 g/mol. The second-order valence-corrected chi connectivity index (χ2v) is 8.66. The maximum Gasteiger partial charge on any atom is 0.233 e. The first kappa shape index (κ1) is 22.9. The van der Waals surface area contributed by atoms with Crippen LogP contribution in [-0.2, 0) is 13.0 Å². The van der Waals surface area contributed by atoms with Crippen LogP contribution in [0.25, 0.3) is 0 Å². The highest BCUT2D eigenvalue weighted by Gasteiger charge is 2.19. The Labute approximate surface area is 196 Å². The minimum atomic E-state index is 0.469. The van der Waals surface area contributed by atoms with Crippen LogP contribution in [0.4, 0.5) is 17.7 Å². The van der Waals surface area contributed by atoms with Crippen LogP contribution in [0.1, 0.15) is 35.1 Å². The minimum absolute atomic E-state index is 0.469. The van der Waals surface area contributed by atoms with Crippen molar-refractivity contribution in [2.75, 3.05) is 43.4 Å². The Morgan fingerprint density at radius 1 is 0.939 bits per heavy atom. The largest absolute Gasteiger partial charge is 0.485 e. The first-order chi connectivity index (χ1) is 15.9. The van der Waals surface area contributed by atoms with E-state index in [-0.39, 0.29) is 0 Å². The van der Waals surface area contributed by atoms with Gasteiger partial charge in [-0.2, -0.15) is 15.0 Å². The van der Waals surface area contributed by atoms with Gasteiger partial charge in [-0.25, -0.2) is 4.98 Å². The van der Waals surface area contributed by atoms with E-state index in [4.69, 9.17) is 9.72 Å². The van der Waals surface area contributed by atoms with E-state index in [1.165, 1.54) is 11.1 Å². The normalized spacial score (nSPS) is 14.4. The van der Waals surface area contributed by atoms with Crippen molar-refractivity contribution in [3.05, 3.63) is 58.5 Å². The van der Waals surface area contributed by atoms with Gasteiger partial charge in [-0.3, -0.25) is 0 Å². The summed E-state index contributed by atoms with van der Waals surface area (Å²) >= 11 is 0. The molecule has 1 aliphatic rings. The molecule has 8 heteroatoms. The second kappa shape index (κ2) is 10.1. The van der Waals surface area contributed by atoms with Gasteiger partial charge in [0.2, 0.25) is 11.9 Å². The molecule has 8 nitrogen and oxygen atoms in total. The second-order valence-electron chi connectivity index (χ2n) is 8.66. The minimum Gasteiger partial charge on any atom is -0.485 e. The number of pyridine rings is 1. The number of nitrogens with zero attached hydrogens (tertiary/aromatic N) is 6. The Bertz CT molecular complexity index is 1110. The first-order valence-corrected chi connectivity index (χ1v) is 11.5. The summed E-state index contributed by atoms with van der Waals surface area (Å²) in [6.45, 7) is 12.5. The maximum absolute atomic E-state index is 6.19. The number of ether oxygens (including phenoxy) is 1. The van der Waals surface area contributed by atoms with E-state index in [2.05, 4.69) is 76.1 Å². The van der Waals surface area contributed by atoms with Gasteiger partial charge in [0.05, 0.1) is 0 Å². The number of hydrogen-bond donors (Lipinski definition) is 1. The number of piperazine rings is 1. The van der Waals surface area contributed by atoms with Crippen molar-refractivity contribution in [2.24, 2.45) is 0 Å². The topological polar surface area (TPSA) is 79.3 Å². The third-order valence-electron chi connectivity index (χ3n) is 5.89. The number of nitrogens with one attached hydrogen (secondary N) is 1. The molecule has 1 saturated heterocycles. The number of hydrogen-bond acceptors (Lipinski definition) is 8. The van der Waals surface area contributed by atoms with Gasteiger partial charge in [0.25, 0.3) is 0 Å². The lowest BCUT2D eigenvalue weighted by atomic mass is 10.1. The van der Waals surface area contributed by atoms with Crippen molar-refractivity contribution in [3.8, 4) is 5.75 Å². The lowest BCUT2D eigenvalue weighted by Gasteiger charge is -2.32. The first-order valence-electron chi connectivity index (χ1n) is 11.5. The summed E-state index contributed by atoms with van der Waals surface area (Å²) in [7, 11) is 2.14. The highest BCUT2D eigenvalue weighted by molar-refractivity contribution is 5.58. The lowest BCUT2D eigenvalue weighted by molar-refractivity contribution is 0.306. The van der Waals surface area contributed by atoms with E-state index in [0.717, 1.165) is 49.7 Å². The molecule has 0 atom stereocenters. The Kier molecular flexibility index (Phi) is 7.03. The molecule has 1 aromatic carbocycles. The predicted octanol–water partition coefficient (Wildman–Crippen LogP) is 3.83. The molecule has 4 rings (SSSR count). The fourth-order valence-electron chi connectivity index (χ4n) is 3.74. The smallest absolute Gasteiger partial charge is 0.233 e. The third kappa shape index (κ3) is 5.76. The molecule has 3 aromatic rings. The van der Waals surface area contributed by atoms with Crippen molar-refractivity contribution in [1.29, 1.82) is 0 Å². The Balaban J connectivity index is 1.57. The molecule has 33 heavy (non-hydrogen) atoms. The Morgan fingerprint density at radius 3 is 2.48 bits per heavy atom. The Hall–Kier alpha value is -3.26. The number of aromatic nitrogens is 4. The number of rotatable bonds is 7. The van der Waals surface area contributed by atoms with Crippen molar-refractivity contribution >= 4 is 17.7 Å². The van der Waals surface area contributed by atoms with Gasteiger partial charge in [0, 0.05) is 38.3 Å². The summed E-state index contributed by atoms with van der Waals surface area (Å²) in [6.07, 6.45) is 0.731. The molecule has 1 N–H and O–H groups in total. The summed E-state index contributed by atoms with van der Waals surface area (Å²) < 4.78 is 6.19. The molecule has 0 aliphatic carbocycles. The number of likely N-dealkylation sites (N-methyl/N-ethyl adjacent to an activating group) is 1. The molecule has 0 bridgehead atoms. The molecule has 0 unspecified atom stereocenters. The molecule has 2 aromatic heterocycles. The van der Waals surface area contributed by atoms with Gasteiger partial charge in [-0.05, 0) is 51.1 Å². The van der Waals surface area contributed by atoms with E-state index >= 15 is 0 Å². The van der Waals surface area contributed by atoms with Crippen LogP contribution in [0.3, 0.4) is 0 Å². The summed E-state index contributed by atoms with van der Waals surface area (Å²) in [5.41, 5.74) is 4.47. The van der Waals surface area contributed by atoms with Crippen LogP contribution < -0.4 is 15.0 Å². The van der Waals surface area contributed by atoms with Crippen molar-refractivity contribution in [3.63, 3.8) is 0 Å². The van der Waals surface area contributed by atoms with Gasteiger partial charge < -0.3 is 19.9 Å². The van der Waals surface area contributed by atoms with Crippen molar-refractivity contribution < 1.29 is 4.74 Å². The molecule has 174 valence electrons. The zero-order valence-corrected chi connectivity index (χ0v) is 20.2. The molecule has 1 aliphatic heterocycles. The van der Waals surface area contributed by atoms with Gasteiger partial charge >= 0.3 is 0 Å². The Morgan fingerprint density at radius 2 is 1.73 bits per heavy atom. The van der Waals surface area contributed by atoms with E-state index in [1.807, 2.05) is 19.1 Å². The van der Waals surface area contributed by atoms with Crippen LogP contribution >= 0.6 is 0 Å². The molecular weight excluding hydrogens is 414 g/mol. The molecule has 0 spiro atoms. The fraction of sp³-hybridized carbons (Fsp3) is 0.440. The van der Waals surface area contributed by atoms with Gasteiger partial charge in [0.1, 0.15) is 12.4 Å². The zero-order valence-electron chi connectivity index (χ0n) is 20.2. The quantitative estimate of drug-likeness (QED) is 0.585. The van der Waals surface area contributed by atoms with E-state index < -0.39 is 0 Å². The summed E-state index contributed by atoms with van der Waals surface area (Å²) in [4.78, 5) is 23.2. The zero-order chi connectivity index (χ0) is 23.4. The van der Waals surface area contributed by atoms with Crippen LogP contribution in [0.5, 0.6) is 5.75 Å². The highest BCUT2D eigenvalue weighted by Crippen LogP contribution is 2.27. The molecular formula is C25H33N7O. The average Bonchev–Trinajstić information content (AvgIpc) is 2.81. The molecule has 3 heterocycles. The van der Waals surface area contributed by atoms with E-state index in [0.29, 0.717) is 30.1 Å². The summed E-state index contributed by atoms with van der Waals surface area (Å²) in [6, 6.07) is 10.3. The lowest BCUT2D eigenvalue weighted by Crippen LogP contribution is -2.45. The SMILES string of the molecule is CCc1nc(Nc2nc(C)ccc2OCc2cc(C)ccc2C)nc(N2CCN(C)CC2)n1. The number of anilines is 3. The molecule has 0 saturated carbocycles. The third-order valence-corrected chi connectivity index (χ3v) is 5.89. The summed E-state index contributed by atoms with van der Waals surface area (Å²) in [5, 5.41) is 3.30. The maximum atomic E-state index is 6.19. The van der Waals surface area contributed by atoms with Gasteiger partial charge in [-0.15, -0.1) is 0 Å². The standard InChI is InChI=1S/C25H33N7O/c1-6-22-27-24(30-25(28-22)32-13-11-31(5)12-14-32)29-23-21(10-9-19(4)26-23)33-16-20-15-17(2)7-8-18(20)3/h7-10,15H,6,11-14,16H2,1-5H3,(H,26,27,28,29,30). The molecule has 0 radical (unpaired) electrons. The molecule has 1 fully saturated rings. The van der Waals surface area contributed by atoms with Crippen LogP contribution in [0.15, 0.2) is 30.3 Å². The number of benzene rings is 1. The highest BCUT2D eigenvalue weighted by atomic mass is 16.5. The van der Waals surface area contributed by atoms with Crippen LogP contribution in [0.2, 0.25) is 0 Å². The van der Waals surface area contributed by atoms with Gasteiger partial charge in [-0.1, -0.05) is 30.7 Å². The summed E-state index contributed by atoms with van der Waals surface area (Å²) in [5.74, 6) is 3.24. The van der Waals surface area contributed by atoms with E-state index in [1.54, 1.807) is 0 Å². The number of aryl methyl sites for hydroxylation is 4. The van der Waals surface area contributed by atoms with Gasteiger partial charge in [0.15, 0.2) is 11.6 Å².